The van der Waals surface area contributed by atoms with E-state index in [9.17, 15) is 18.3 Å². The first-order chi connectivity index (χ1) is 18.3. The first-order valence-corrected chi connectivity index (χ1v) is 14.0. The molecule has 0 radical (unpaired) electrons. The molecule has 1 aliphatic heterocycles. The smallest absolute Gasteiger partial charge is 0.268 e. The van der Waals surface area contributed by atoms with Crippen LogP contribution < -0.4 is 15.4 Å². The number of carbonyl (C=O) groups excluding carboxylic acids is 1. The van der Waals surface area contributed by atoms with Gasteiger partial charge in [-0.3, -0.25) is 4.79 Å². The van der Waals surface area contributed by atoms with Crippen LogP contribution >= 0.6 is 0 Å². The molecule has 3 heterocycles. The zero-order chi connectivity index (χ0) is 29.0. The lowest BCUT2D eigenvalue weighted by Crippen LogP contribution is -2.41. The molecule has 0 spiro atoms. The number of carbonyl (C=O) groups is 1. The zero-order valence-corrected chi connectivity index (χ0v) is 23.7. The first-order valence-electron chi connectivity index (χ1n) is 12.5. The molecule has 0 aliphatic carbocycles. The van der Waals surface area contributed by atoms with Crippen molar-refractivity contribution in [2.45, 2.75) is 57.6 Å². The molecule has 2 atom stereocenters. The van der Waals surface area contributed by atoms with Gasteiger partial charge in [-0.25, -0.2) is 28.1 Å². The van der Waals surface area contributed by atoms with Crippen LogP contribution in [0, 0.1) is 5.92 Å². The quantitative estimate of drug-likeness (QED) is 0.227. The number of amides is 1. The highest BCUT2D eigenvalue weighted by molar-refractivity contribution is 7.90. The SMILES string of the molecule is C=N/C(=C\C=C(/C)c1ccc(C(=O)NS(=O)(=O)c2cccnc2N)c(N2C[C@@H](C)CC2(C)C)n1)O[C@@H](C)CO. The molecule has 1 aliphatic rings. The number of hydrogen-bond acceptors (Lipinski definition) is 10. The summed E-state index contributed by atoms with van der Waals surface area (Å²) < 4.78 is 33.5. The van der Waals surface area contributed by atoms with E-state index in [2.05, 4.69) is 42.2 Å². The Kier molecular flexibility index (Phi) is 9.13. The maximum Gasteiger partial charge on any atom is 0.268 e. The van der Waals surface area contributed by atoms with E-state index in [0.29, 0.717) is 24.0 Å². The Labute approximate surface area is 229 Å². The van der Waals surface area contributed by atoms with Crippen LogP contribution in [-0.2, 0) is 14.8 Å². The lowest BCUT2D eigenvalue weighted by molar-refractivity contribution is 0.0715. The highest BCUT2D eigenvalue weighted by atomic mass is 32.2. The van der Waals surface area contributed by atoms with E-state index in [1.807, 2.05) is 11.8 Å². The van der Waals surface area contributed by atoms with Crippen molar-refractivity contribution in [3.63, 3.8) is 0 Å². The Morgan fingerprint density at radius 2 is 2.10 bits per heavy atom. The number of anilines is 2. The summed E-state index contributed by atoms with van der Waals surface area (Å²) in [6.07, 6.45) is 5.15. The molecule has 4 N–H and O–H groups in total. The number of nitrogens with zero attached hydrogens (tertiary/aromatic N) is 4. The predicted octanol–water partition coefficient (Wildman–Crippen LogP) is 3.15. The summed E-state index contributed by atoms with van der Waals surface area (Å²) in [5.41, 5.74) is 6.85. The minimum absolute atomic E-state index is 0.115. The second-order valence-electron chi connectivity index (χ2n) is 10.2. The van der Waals surface area contributed by atoms with Crippen LogP contribution in [0.25, 0.3) is 5.57 Å². The van der Waals surface area contributed by atoms with Crippen molar-refractivity contribution in [3.8, 4) is 0 Å². The molecule has 1 fully saturated rings. The van der Waals surface area contributed by atoms with Gasteiger partial charge >= 0.3 is 0 Å². The van der Waals surface area contributed by atoms with Crippen molar-refractivity contribution < 1.29 is 23.1 Å². The first kappa shape index (κ1) is 29.8. The fourth-order valence-electron chi connectivity index (χ4n) is 4.53. The molecule has 3 rings (SSSR count). The summed E-state index contributed by atoms with van der Waals surface area (Å²) in [5.74, 6) is -0.0832. The Hall–Kier alpha value is -3.77. The summed E-state index contributed by atoms with van der Waals surface area (Å²) in [6, 6.07) is 5.92. The Morgan fingerprint density at radius 3 is 2.69 bits per heavy atom. The van der Waals surface area contributed by atoms with Gasteiger partial charge < -0.3 is 20.5 Å². The maximum atomic E-state index is 13.4. The Morgan fingerprint density at radius 1 is 1.38 bits per heavy atom. The standard InChI is InChI=1S/C27H36N6O5S/c1-17-14-27(4,5)33(15-17)25-20(26(35)32-39(36,37)22-8-7-13-30-24(22)28)10-11-21(31-25)18(2)9-12-23(29-6)38-19(3)16-34/h7-13,17,19,34H,6,14-16H2,1-5H3,(H2,28,30)(H,32,35)/b18-9+,23-12+/t17-,19-/m0/s1. The second kappa shape index (κ2) is 12.0. The Balaban J connectivity index is 2.04. The van der Waals surface area contributed by atoms with Gasteiger partial charge in [0.15, 0.2) is 0 Å². The monoisotopic (exact) mass is 556 g/mol. The van der Waals surface area contributed by atoms with Crippen LogP contribution in [0.4, 0.5) is 11.6 Å². The minimum Gasteiger partial charge on any atom is -0.472 e. The fourth-order valence-corrected chi connectivity index (χ4v) is 5.58. The summed E-state index contributed by atoms with van der Waals surface area (Å²) in [4.78, 5) is 27.6. The minimum atomic E-state index is -4.28. The molecule has 2 aromatic rings. The van der Waals surface area contributed by atoms with E-state index in [1.165, 1.54) is 18.3 Å². The third-order valence-electron chi connectivity index (χ3n) is 6.38. The van der Waals surface area contributed by atoms with E-state index < -0.39 is 22.0 Å². The molecule has 1 amide bonds. The second-order valence-corrected chi connectivity index (χ2v) is 11.9. The van der Waals surface area contributed by atoms with Gasteiger partial charge in [0, 0.05) is 24.4 Å². The number of aliphatic hydroxyl groups excluding tert-OH is 1. The third kappa shape index (κ3) is 7.01. The van der Waals surface area contributed by atoms with Gasteiger partial charge in [0.1, 0.15) is 22.6 Å². The van der Waals surface area contributed by atoms with Crippen molar-refractivity contribution in [1.29, 1.82) is 0 Å². The lowest BCUT2D eigenvalue weighted by atomic mass is 9.97. The van der Waals surface area contributed by atoms with Crippen molar-refractivity contribution in [1.82, 2.24) is 14.7 Å². The van der Waals surface area contributed by atoms with Crippen molar-refractivity contribution >= 4 is 39.9 Å². The Bertz CT molecular complexity index is 1400. The van der Waals surface area contributed by atoms with E-state index >= 15 is 0 Å². The van der Waals surface area contributed by atoms with Crippen molar-refractivity contribution in [2.24, 2.45) is 10.9 Å². The van der Waals surface area contributed by atoms with E-state index in [-0.39, 0.29) is 34.3 Å². The highest BCUT2D eigenvalue weighted by Crippen LogP contribution is 2.38. The van der Waals surface area contributed by atoms with Gasteiger partial charge in [0.05, 0.1) is 17.9 Å². The van der Waals surface area contributed by atoms with Gasteiger partial charge in [-0.05, 0) is 76.6 Å². The maximum absolute atomic E-state index is 13.4. The third-order valence-corrected chi connectivity index (χ3v) is 7.76. The van der Waals surface area contributed by atoms with Crippen LogP contribution in [0.15, 0.2) is 58.4 Å². The molecule has 12 heteroatoms. The molecule has 11 nitrogen and oxygen atoms in total. The number of hydrogen-bond donors (Lipinski definition) is 3. The molecule has 210 valence electrons. The van der Waals surface area contributed by atoms with Crippen LogP contribution in [0.1, 0.15) is 57.1 Å². The van der Waals surface area contributed by atoms with Crippen LogP contribution in [0.5, 0.6) is 0 Å². The summed E-state index contributed by atoms with van der Waals surface area (Å²) in [7, 11) is -4.28. The van der Waals surface area contributed by atoms with Gasteiger partial charge in [-0.2, -0.15) is 0 Å². The van der Waals surface area contributed by atoms with Gasteiger partial charge in [0.25, 0.3) is 15.9 Å². The van der Waals surface area contributed by atoms with Crippen molar-refractivity contribution in [2.75, 3.05) is 23.8 Å². The largest absolute Gasteiger partial charge is 0.472 e. The van der Waals surface area contributed by atoms with E-state index in [0.717, 1.165) is 12.0 Å². The molecule has 0 unspecified atom stereocenters. The average Bonchev–Trinajstić information content (AvgIpc) is 3.16. The topological polar surface area (TPSA) is 160 Å². The summed E-state index contributed by atoms with van der Waals surface area (Å²) >= 11 is 0. The number of sulfonamides is 1. The van der Waals surface area contributed by atoms with Crippen LogP contribution in [-0.4, -0.2) is 60.9 Å². The number of nitrogens with one attached hydrogen (secondary N) is 1. The number of aromatic nitrogens is 2. The molecule has 0 saturated carbocycles. The van der Waals surface area contributed by atoms with Crippen molar-refractivity contribution in [3.05, 3.63) is 59.8 Å². The number of aliphatic hydroxyl groups is 1. The molecule has 0 aromatic carbocycles. The number of ether oxygens (including phenoxy) is 1. The number of allylic oxidation sites excluding steroid dienone is 3. The zero-order valence-electron chi connectivity index (χ0n) is 22.9. The normalized spacial score (nSPS) is 18.5. The van der Waals surface area contributed by atoms with E-state index in [4.69, 9.17) is 15.5 Å². The number of aliphatic imine (C=N–C) groups is 1. The molecule has 2 aromatic heterocycles. The highest BCUT2D eigenvalue weighted by Gasteiger charge is 2.39. The molecular formula is C27H36N6O5S. The number of nitrogens with two attached hydrogens (primary N) is 1. The van der Waals surface area contributed by atoms with E-state index in [1.54, 1.807) is 31.2 Å². The van der Waals surface area contributed by atoms with Gasteiger partial charge in [-0.15, -0.1) is 0 Å². The fraction of sp³-hybridized carbons (Fsp3) is 0.407. The molecule has 39 heavy (non-hydrogen) atoms. The van der Waals surface area contributed by atoms with Gasteiger partial charge in [-0.1, -0.05) is 13.0 Å². The van der Waals surface area contributed by atoms with Gasteiger partial charge in [0.2, 0.25) is 5.88 Å². The van der Waals surface area contributed by atoms with Crippen LogP contribution in [0.2, 0.25) is 0 Å². The number of nitrogen functional groups attached to an aromatic ring is 1. The average molecular weight is 557 g/mol. The van der Waals surface area contributed by atoms with Crippen LogP contribution in [0.3, 0.4) is 0 Å². The number of pyridine rings is 2. The lowest BCUT2D eigenvalue weighted by Gasteiger charge is -2.34. The number of rotatable bonds is 10. The molecule has 0 bridgehead atoms. The summed E-state index contributed by atoms with van der Waals surface area (Å²) in [5, 5.41) is 9.23. The molecular weight excluding hydrogens is 520 g/mol. The summed E-state index contributed by atoms with van der Waals surface area (Å²) in [6.45, 7) is 13.8. The molecule has 1 saturated heterocycles. The predicted molar refractivity (Wildman–Crippen MR) is 152 cm³/mol.